The van der Waals surface area contributed by atoms with Crippen LogP contribution in [0.1, 0.15) is 24.1 Å². The van der Waals surface area contributed by atoms with Gasteiger partial charge in [-0.2, -0.15) is 13.2 Å². The molecule has 2 N–H and O–H groups in total. The molecule has 0 aliphatic carbocycles. The number of hydrogen-bond donors (Lipinski definition) is 2. The van der Waals surface area contributed by atoms with Gasteiger partial charge in [0.25, 0.3) is 0 Å². The van der Waals surface area contributed by atoms with Crippen LogP contribution in [0.4, 0.5) is 33.7 Å². The molecule has 3 aromatic rings. The van der Waals surface area contributed by atoms with E-state index in [9.17, 15) is 22.4 Å². The number of amides is 2. The lowest BCUT2D eigenvalue weighted by molar-refractivity contribution is -0.137. The summed E-state index contributed by atoms with van der Waals surface area (Å²) < 4.78 is 57.9. The Bertz CT molecular complexity index is 1110. The van der Waals surface area contributed by atoms with Gasteiger partial charge in [-0.05, 0) is 55.3 Å². The van der Waals surface area contributed by atoms with Crippen LogP contribution in [0.5, 0.6) is 0 Å². The van der Waals surface area contributed by atoms with Crippen molar-refractivity contribution >= 4 is 17.4 Å². The molecule has 0 saturated carbocycles. The number of rotatable bonds is 6. The Morgan fingerprint density at radius 1 is 1.09 bits per heavy atom. The first-order valence-electron chi connectivity index (χ1n) is 10.5. The molecule has 6 nitrogen and oxygen atoms in total. The zero-order chi connectivity index (χ0) is 23.4. The highest BCUT2D eigenvalue weighted by molar-refractivity contribution is 5.93. The molecule has 2 amide bonds. The van der Waals surface area contributed by atoms with Crippen molar-refractivity contribution in [1.29, 1.82) is 0 Å². The third-order valence-corrected chi connectivity index (χ3v) is 5.33. The van der Waals surface area contributed by atoms with Gasteiger partial charge in [0, 0.05) is 31.6 Å². The molecule has 1 aromatic heterocycles. The number of halogens is 4. The Labute approximate surface area is 187 Å². The quantitative estimate of drug-likeness (QED) is 0.477. The molecule has 1 aliphatic rings. The van der Waals surface area contributed by atoms with Gasteiger partial charge >= 0.3 is 12.2 Å². The number of hydrogen-bond acceptors (Lipinski definition) is 4. The first-order valence-corrected chi connectivity index (χ1v) is 10.5. The lowest BCUT2D eigenvalue weighted by Crippen LogP contribution is -2.31. The van der Waals surface area contributed by atoms with E-state index in [2.05, 4.69) is 15.6 Å². The van der Waals surface area contributed by atoms with E-state index >= 15 is 0 Å². The van der Waals surface area contributed by atoms with E-state index in [1.807, 2.05) is 4.90 Å². The second-order valence-electron chi connectivity index (χ2n) is 7.71. The van der Waals surface area contributed by atoms with E-state index in [0.717, 1.165) is 38.1 Å². The summed E-state index contributed by atoms with van der Waals surface area (Å²) in [7, 11) is 0. The number of aromatic nitrogens is 1. The molecule has 0 atom stereocenters. The molecule has 10 heteroatoms. The maximum atomic E-state index is 13.2. The smallest absolute Gasteiger partial charge is 0.416 e. The standard InChI is InChI=1S/C23H22F4N4O2/c24-17-6-3-15(4-7-17)21-29-18(14-33-21)9-10-28-22(32)30-19-13-16(23(25,26)27)5-8-20(19)31-11-1-2-12-31/h3-8,13-14H,1-2,9-12H2,(H2,28,30,32). The van der Waals surface area contributed by atoms with Crippen molar-refractivity contribution in [2.75, 3.05) is 29.9 Å². The van der Waals surface area contributed by atoms with Crippen molar-refractivity contribution in [3.8, 4) is 11.5 Å². The number of benzene rings is 2. The molecule has 0 unspecified atom stereocenters. The zero-order valence-corrected chi connectivity index (χ0v) is 17.6. The van der Waals surface area contributed by atoms with E-state index in [4.69, 9.17) is 4.42 Å². The SMILES string of the molecule is O=C(NCCc1coc(-c2ccc(F)cc2)n1)Nc1cc(C(F)(F)F)ccc1N1CCCC1. The van der Waals surface area contributed by atoms with Crippen molar-refractivity contribution in [1.82, 2.24) is 10.3 Å². The molecule has 174 valence electrons. The lowest BCUT2D eigenvalue weighted by atomic mass is 10.1. The van der Waals surface area contributed by atoms with Gasteiger partial charge < -0.3 is 20.0 Å². The summed E-state index contributed by atoms with van der Waals surface area (Å²) in [6.45, 7) is 1.65. The summed E-state index contributed by atoms with van der Waals surface area (Å²) in [6, 6.07) is 8.46. The van der Waals surface area contributed by atoms with Gasteiger partial charge in [0.15, 0.2) is 0 Å². The van der Waals surface area contributed by atoms with Crippen LogP contribution in [0, 0.1) is 5.82 Å². The number of anilines is 2. The minimum absolute atomic E-state index is 0.115. The zero-order valence-electron chi connectivity index (χ0n) is 17.6. The van der Waals surface area contributed by atoms with E-state index in [1.54, 1.807) is 12.1 Å². The number of oxazole rings is 1. The number of nitrogens with zero attached hydrogens (tertiary/aromatic N) is 2. The monoisotopic (exact) mass is 462 g/mol. The van der Waals surface area contributed by atoms with Crippen LogP contribution < -0.4 is 15.5 Å². The average Bonchev–Trinajstić information content (AvgIpc) is 3.46. The Kier molecular flexibility index (Phi) is 6.52. The van der Waals surface area contributed by atoms with Crippen molar-refractivity contribution in [2.24, 2.45) is 0 Å². The third-order valence-electron chi connectivity index (χ3n) is 5.33. The summed E-state index contributed by atoms with van der Waals surface area (Å²) >= 11 is 0. The molecule has 4 rings (SSSR count). The van der Waals surface area contributed by atoms with Crippen LogP contribution in [-0.2, 0) is 12.6 Å². The first kappa shape index (κ1) is 22.6. The molecule has 2 heterocycles. The highest BCUT2D eigenvalue weighted by Crippen LogP contribution is 2.36. The number of carbonyl (C=O) groups is 1. The second kappa shape index (κ2) is 9.51. The van der Waals surface area contributed by atoms with Crippen molar-refractivity contribution in [3.63, 3.8) is 0 Å². The van der Waals surface area contributed by atoms with Crippen molar-refractivity contribution in [3.05, 3.63) is 65.8 Å². The van der Waals surface area contributed by atoms with Crippen LogP contribution >= 0.6 is 0 Å². The second-order valence-corrected chi connectivity index (χ2v) is 7.71. The number of urea groups is 1. The normalized spacial score (nSPS) is 13.9. The highest BCUT2D eigenvalue weighted by atomic mass is 19.4. The Balaban J connectivity index is 1.37. The predicted molar refractivity (Wildman–Crippen MR) is 116 cm³/mol. The molecule has 1 fully saturated rings. The summed E-state index contributed by atoms with van der Waals surface area (Å²) in [5.74, 6) is -0.0388. The van der Waals surface area contributed by atoms with Crippen molar-refractivity contribution < 1.29 is 26.8 Å². The van der Waals surface area contributed by atoms with Crippen molar-refractivity contribution in [2.45, 2.75) is 25.4 Å². The lowest BCUT2D eigenvalue weighted by Gasteiger charge is -2.23. The van der Waals surface area contributed by atoms with Gasteiger partial charge in [-0.1, -0.05) is 0 Å². The van der Waals surface area contributed by atoms with Crippen LogP contribution in [0.15, 0.2) is 53.1 Å². The van der Waals surface area contributed by atoms with Gasteiger partial charge in [-0.25, -0.2) is 14.2 Å². The summed E-state index contributed by atoms with van der Waals surface area (Å²) in [4.78, 5) is 18.7. The van der Waals surface area contributed by atoms with Gasteiger partial charge in [0.05, 0.1) is 22.6 Å². The summed E-state index contributed by atoms with van der Waals surface area (Å²) in [6.07, 6.45) is -0.823. The van der Waals surface area contributed by atoms with Gasteiger partial charge in [0.2, 0.25) is 5.89 Å². The average molecular weight is 462 g/mol. The summed E-state index contributed by atoms with van der Waals surface area (Å²) in [5, 5.41) is 5.18. The van der Waals surface area contributed by atoms with E-state index in [0.29, 0.717) is 29.3 Å². The molecule has 0 spiro atoms. The van der Waals surface area contributed by atoms with Crippen LogP contribution in [0.2, 0.25) is 0 Å². The van der Waals surface area contributed by atoms with Gasteiger partial charge in [-0.15, -0.1) is 0 Å². The number of nitrogens with one attached hydrogen (secondary N) is 2. The molecule has 0 radical (unpaired) electrons. The topological polar surface area (TPSA) is 70.4 Å². The van der Waals surface area contributed by atoms with Gasteiger partial charge in [0.1, 0.15) is 12.1 Å². The van der Waals surface area contributed by atoms with E-state index in [-0.39, 0.29) is 18.0 Å². The Morgan fingerprint density at radius 3 is 2.52 bits per heavy atom. The minimum atomic E-state index is -4.51. The largest absolute Gasteiger partial charge is 0.444 e. The summed E-state index contributed by atoms with van der Waals surface area (Å²) in [5.41, 5.74) is 1.05. The minimum Gasteiger partial charge on any atom is -0.444 e. The molecule has 2 aromatic carbocycles. The van der Waals surface area contributed by atoms with E-state index < -0.39 is 17.8 Å². The van der Waals surface area contributed by atoms with Crippen LogP contribution in [0.3, 0.4) is 0 Å². The fourth-order valence-corrected chi connectivity index (χ4v) is 3.66. The maximum absolute atomic E-state index is 13.2. The molecule has 1 saturated heterocycles. The van der Waals surface area contributed by atoms with E-state index in [1.165, 1.54) is 24.5 Å². The maximum Gasteiger partial charge on any atom is 0.416 e. The van der Waals surface area contributed by atoms with Crippen LogP contribution in [0.25, 0.3) is 11.5 Å². The molecular formula is C23H22F4N4O2. The van der Waals surface area contributed by atoms with Crippen LogP contribution in [-0.4, -0.2) is 30.6 Å². The Morgan fingerprint density at radius 2 is 1.82 bits per heavy atom. The predicted octanol–water partition coefficient (Wildman–Crippen LogP) is 5.46. The van der Waals surface area contributed by atoms with Gasteiger partial charge in [-0.3, -0.25) is 0 Å². The molecular weight excluding hydrogens is 440 g/mol. The first-order chi connectivity index (χ1) is 15.8. The fourth-order valence-electron chi connectivity index (χ4n) is 3.66. The fraction of sp³-hybridized carbons (Fsp3) is 0.304. The molecule has 1 aliphatic heterocycles. The Hall–Kier alpha value is -3.56. The highest BCUT2D eigenvalue weighted by Gasteiger charge is 2.32. The molecule has 33 heavy (non-hydrogen) atoms. The number of alkyl halides is 3. The molecule has 0 bridgehead atoms. The third kappa shape index (κ3) is 5.63. The number of carbonyl (C=O) groups excluding carboxylic acids is 1.